The van der Waals surface area contributed by atoms with Crippen molar-refractivity contribution in [2.24, 2.45) is 5.92 Å². The molecule has 3 fully saturated rings. The van der Waals surface area contributed by atoms with E-state index in [9.17, 15) is 9.59 Å². The highest BCUT2D eigenvalue weighted by Crippen LogP contribution is 2.23. The normalized spacial score (nSPS) is 28.9. The van der Waals surface area contributed by atoms with Crippen LogP contribution in [0.3, 0.4) is 0 Å². The van der Waals surface area contributed by atoms with Gasteiger partial charge in [0.15, 0.2) is 0 Å². The number of carbonyl (C=O) groups is 2. The highest BCUT2D eigenvalue weighted by molar-refractivity contribution is 5.79. The van der Waals surface area contributed by atoms with E-state index in [2.05, 4.69) is 22.0 Å². The number of hydrogen-bond donors (Lipinski definition) is 1. The SMILES string of the molecule is CC1CCCC(NC(=O)CN2CCN(CC(=O)N3CCCC3)CC2)C1. The van der Waals surface area contributed by atoms with Gasteiger partial charge in [-0.3, -0.25) is 19.4 Å². The van der Waals surface area contributed by atoms with Crippen LogP contribution in [0.25, 0.3) is 0 Å². The first-order chi connectivity index (χ1) is 12.1. The summed E-state index contributed by atoms with van der Waals surface area (Å²) < 4.78 is 0. The zero-order valence-corrected chi connectivity index (χ0v) is 15.7. The fourth-order valence-corrected chi connectivity index (χ4v) is 4.40. The van der Waals surface area contributed by atoms with Crippen LogP contribution in [-0.4, -0.2) is 84.9 Å². The number of amides is 2. The second kappa shape index (κ2) is 8.99. The largest absolute Gasteiger partial charge is 0.352 e. The standard InChI is InChI=1S/C19H34N4O2/c1-16-5-4-6-17(13-16)20-18(24)14-21-9-11-22(12-10-21)15-19(25)23-7-2-3-8-23/h16-17H,2-15H2,1H3,(H,20,24). The number of rotatable bonds is 5. The van der Waals surface area contributed by atoms with Crippen LogP contribution in [0.4, 0.5) is 0 Å². The minimum atomic E-state index is 0.167. The smallest absolute Gasteiger partial charge is 0.236 e. The molecule has 1 N–H and O–H groups in total. The Kier molecular flexibility index (Phi) is 6.70. The molecule has 2 saturated heterocycles. The molecule has 2 heterocycles. The van der Waals surface area contributed by atoms with Gasteiger partial charge in [-0.25, -0.2) is 0 Å². The van der Waals surface area contributed by atoms with E-state index in [0.29, 0.717) is 19.1 Å². The molecule has 6 heteroatoms. The van der Waals surface area contributed by atoms with E-state index in [1.54, 1.807) is 0 Å². The number of carbonyl (C=O) groups excluding carboxylic acids is 2. The van der Waals surface area contributed by atoms with Crippen molar-refractivity contribution in [2.75, 3.05) is 52.4 Å². The first-order valence-electron chi connectivity index (χ1n) is 10.1. The molecule has 2 aliphatic heterocycles. The second-order valence-electron chi connectivity index (χ2n) is 8.18. The Morgan fingerprint density at radius 3 is 2.16 bits per heavy atom. The Balaban J connectivity index is 1.33. The third-order valence-electron chi connectivity index (χ3n) is 5.95. The van der Waals surface area contributed by atoms with Crippen LogP contribution < -0.4 is 5.32 Å². The molecule has 0 aromatic heterocycles. The van der Waals surface area contributed by atoms with Gasteiger partial charge in [-0.2, -0.15) is 0 Å². The van der Waals surface area contributed by atoms with Crippen molar-refractivity contribution in [1.82, 2.24) is 20.0 Å². The minimum Gasteiger partial charge on any atom is -0.352 e. The summed E-state index contributed by atoms with van der Waals surface area (Å²) in [6, 6.07) is 0.371. The summed E-state index contributed by atoms with van der Waals surface area (Å²) >= 11 is 0. The number of likely N-dealkylation sites (tertiary alicyclic amines) is 1. The van der Waals surface area contributed by atoms with Crippen molar-refractivity contribution in [1.29, 1.82) is 0 Å². The lowest BCUT2D eigenvalue weighted by Crippen LogP contribution is -2.52. The quantitative estimate of drug-likeness (QED) is 0.801. The van der Waals surface area contributed by atoms with Gasteiger partial charge < -0.3 is 10.2 Å². The molecule has 0 spiro atoms. The van der Waals surface area contributed by atoms with Gasteiger partial charge in [0, 0.05) is 45.3 Å². The molecule has 6 nitrogen and oxygen atoms in total. The van der Waals surface area contributed by atoms with Gasteiger partial charge in [-0.15, -0.1) is 0 Å². The number of nitrogens with one attached hydrogen (secondary N) is 1. The third-order valence-corrected chi connectivity index (χ3v) is 5.95. The topological polar surface area (TPSA) is 55.9 Å². The van der Waals surface area contributed by atoms with Gasteiger partial charge in [-0.1, -0.05) is 19.8 Å². The van der Waals surface area contributed by atoms with Crippen LogP contribution >= 0.6 is 0 Å². The fraction of sp³-hybridized carbons (Fsp3) is 0.895. The monoisotopic (exact) mass is 350 g/mol. The van der Waals surface area contributed by atoms with Crippen molar-refractivity contribution >= 4 is 11.8 Å². The lowest BCUT2D eigenvalue weighted by molar-refractivity contribution is -0.132. The predicted molar refractivity (Wildman–Crippen MR) is 98.3 cm³/mol. The maximum atomic E-state index is 12.3. The maximum Gasteiger partial charge on any atom is 0.236 e. The zero-order valence-electron chi connectivity index (χ0n) is 15.7. The van der Waals surface area contributed by atoms with E-state index in [1.165, 1.54) is 12.8 Å². The molecular formula is C19H34N4O2. The molecule has 2 amide bonds. The summed E-state index contributed by atoms with van der Waals surface area (Å²) in [4.78, 5) is 31.0. The average Bonchev–Trinajstić information content (AvgIpc) is 3.11. The Morgan fingerprint density at radius 2 is 1.52 bits per heavy atom. The fourth-order valence-electron chi connectivity index (χ4n) is 4.40. The van der Waals surface area contributed by atoms with Crippen LogP contribution in [0.1, 0.15) is 45.4 Å². The third kappa shape index (κ3) is 5.68. The molecule has 2 unspecified atom stereocenters. The molecular weight excluding hydrogens is 316 g/mol. The molecule has 0 radical (unpaired) electrons. The first-order valence-corrected chi connectivity index (χ1v) is 10.1. The van der Waals surface area contributed by atoms with Gasteiger partial charge >= 0.3 is 0 Å². The van der Waals surface area contributed by atoms with Crippen LogP contribution in [0.15, 0.2) is 0 Å². The summed E-state index contributed by atoms with van der Waals surface area (Å²) in [5, 5.41) is 3.22. The van der Waals surface area contributed by atoms with Crippen LogP contribution in [0.2, 0.25) is 0 Å². The molecule has 142 valence electrons. The van der Waals surface area contributed by atoms with Crippen molar-refractivity contribution in [3.8, 4) is 0 Å². The van der Waals surface area contributed by atoms with Crippen LogP contribution in [0.5, 0.6) is 0 Å². The van der Waals surface area contributed by atoms with Gasteiger partial charge in [-0.05, 0) is 31.6 Å². The first kappa shape index (κ1) is 18.6. The maximum absolute atomic E-state index is 12.3. The van der Waals surface area contributed by atoms with E-state index < -0.39 is 0 Å². The van der Waals surface area contributed by atoms with Gasteiger partial charge in [0.2, 0.25) is 11.8 Å². The van der Waals surface area contributed by atoms with Crippen LogP contribution in [-0.2, 0) is 9.59 Å². The lowest BCUT2D eigenvalue weighted by atomic mass is 9.87. The van der Waals surface area contributed by atoms with E-state index in [0.717, 1.165) is 70.9 Å². The molecule has 3 rings (SSSR count). The summed E-state index contributed by atoms with van der Waals surface area (Å²) in [7, 11) is 0. The van der Waals surface area contributed by atoms with Gasteiger partial charge in [0.1, 0.15) is 0 Å². The van der Waals surface area contributed by atoms with Crippen molar-refractivity contribution in [2.45, 2.75) is 51.5 Å². The van der Waals surface area contributed by atoms with E-state index in [-0.39, 0.29) is 11.8 Å². The molecule has 25 heavy (non-hydrogen) atoms. The Hall–Kier alpha value is -1.14. The van der Waals surface area contributed by atoms with Gasteiger partial charge in [0.25, 0.3) is 0 Å². The number of piperazine rings is 1. The summed E-state index contributed by atoms with van der Waals surface area (Å²) in [6.07, 6.45) is 7.07. The lowest BCUT2D eigenvalue weighted by Gasteiger charge is -2.35. The minimum absolute atomic E-state index is 0.167. The summed E-state index contributed by atoms with van der Waals surface area (Å²) in [5.41, 5.74) is 0. The van der Waals surface area contributed by atoms with E-state index in [4.69, 9.17) is 0 Å². The van der Waals surface area contributed by atoms with Crippen molar-refractivity contribution in [3.63, 3.8) is 0 Å². The second-order valence-corrected chi connectivity index (χ2v) is 8.18. The summed E-state index contributed by atoms with van der Waals surface area (Å²) in [6.45, 7) is 8.70. The van der Waals surface area contributed by atoms with E-state index >= 15 is 0 Å². The van der Waals surface area contributed by atoms with Gasteiger partial charge in [0.05, 0.1) is 13.1 Å². The van der Waals surface area contributed by atoms with Crippen LogP contribution in [0, 0.1) is 5.92 Å². The number of nitrogens with zero attached hydrogens (tertiary/aromatic N) is 3. The highest BCUT2D eigenvalue weighted by Gasteiger charge is 2.25. The highest BCUT2D eigenvalue weighted by atomic mass is 16.2. The predicted octanol–water partition coefficient (Wildman–Crippen LogP) is 0.921. The Morgan fingerprint density at radius 1 is 0.880 bits per heavy atom. The molecule has 0 aromatic carbocycles. The molecule has 1 aliphatic carbocycles. The Labute approximate surface area is 151 Å². The molecule has 1 saturated carbocycles. The van der Waals surface area contributed by atoms with E-state index in [1.807, 2.05) is 4.90 Å². The molecule has 2 atom stereocenters. The molecule has 0 aromatic rings. The number of hydrogen-bond acceptors (Lipinski definition) is 4. The molecule has 3 aliphatic rings. The summed E-state index contributed by atoms with van der Waals surface area (Å²) in [5.74, 6) is 1.17. The van der Waals surface area contributed by atoms with Crippen molar-refractivity contribution < 1.29 is 9.59 Å². The van der Waals surface area contributed by atoms with Crippen molar-refractivity contribution in [3.05, 3.63) is 0 Å². The Bertz CT molecular complexity index is 456. The zero-order chi connectivity index (χ0) is 17.6. The molecule has 0 bridgehead atoms. The average molecular weight is 351 g/mol.